The maximum Gasteiger partial charge on any atom is 0.173 e. The Morgan fingerprint density at radius 1 is 0.844 bits per heavy atom. The van der Waals surface area contributed by atoms with E-state index in [0.717, 1.165) is 67.2 Å². The molecule has 0 bridgehead atoms. The van der Waals surface area contributed by atoms with Crippen LogP contribution < -0.4 is 5.73 Å². The molecule has 12 heteroatoms. The van der Waals surface area contributed by atoms with Crippen molar-refractivity contribution in [2.45, 2.75) is 104 Å². The molecule has 0 aromatic carbocycles. The molecular weight excluding hydrogens is 666 g/mol. The van der Waals surface area contributed by atoms with Crippen molar-refractivity contribution in [3.8, 4) is 0 Å². The quantitative estimate of drug-likeness (QED) is 0.187. The molecule has 0 unspecified atom stereocenters. The normalized spacial score (nSPS) is 21.2. The molecule has 10 nitrogen and oxygen atoms in total. The molecule has 1 heterocycles. The van der Waals surface area contributed by atoms with Crippen LogP contribution in [0.2, 0.25) is 0 Å². The van der Waals surface area contributed by atoms with Gasteiger partial charge in [0, 0.05) is 80.3 Å². The SMILES string of the molecule is CCOC1=C(Br)C(=O)CC1.CCOC1=CC(=O)CC1.Cl.N=C(N)C1CC1.O=C1CCC(=O)C1.O=C1CCC2=C1CC(C1CC1)=N2. The fraction of sp³-hybridized carbons (Fsp3) is 0.606. The van der Waals surface area contributed by atoms with Crippen LogP contribution in [-0.4, -0.2) is 53.7 Å². The van der Waals surface area contributed by atoms with E-state index in [1.165, 1.54) is 18.6 Å². The third-order valence-electron chi connectivity index (χ3n) is 7.71. The summed E-state index contributed by atoms with van der Waals surface area (Å²) in [6, 6.07) is 0. The first kappa shape index (κ1) is 38.3. The molecule has 0 saturated heterocycles. The van der Waals surface area contributed by atoms with E-state index in [1.54, 1.807) is 6.08 Å². The number of rotatable bonds is 6. The van der Waals surface area contributed by atoms with Gasteiger partial charge in [-0.1, -0.05) is 0 Å². The number of hydrogen-bond acceptors (Lipinski definition) is 9. The number of carbonyl (C=O) groups is 5. The predicted molar refractivity (Wildman–Crippen MR) is 178 cm³/mol. The third kappa shape index (κ3) is 13.1. The zero-order chi connectivity index (χ0) is 32.2. The number of Topliss-reactive ketones (excluding diaryl/α,β-unsaturated/α-hetero) is 4. The Bertz CT molecular complexity index is 1280. The van der Waals surface area contributed by atoms with E-state index >= 15 is 0 Å². The van der Waals surface area contributed by atoms with Crippen molar-refractivity contribution in [3.63, 3.8) is 0 Å². The smallest absolute Gasteiger partial charge is 0.173 e. The Balaban J connectivity index is 0.000000199. The van der Waals surface area contributed by atoms with Crippen LogP contribution in [0.4, 0.5) is 0 Å². The van der Waals surface area contributed by atoms with E-state index in [2.05, 4.69) is 20.9 Å². The second kappa shape index (κ2) is 18.9. The summed E-state index contributed by atoms with van der Waals surface area (Å²) in [5.41, 5.74) is 8.53. The van der Waals surface area contributed by atoms with E-state index in [-0.39, 0.29) is 42.0 Å². The van der Waals surface area contributed by atoms with Crippen LogP contribution >= 0.6 is 28.3 Å². The molecule has 7 rings (SSSR count). The molecule has 0 aromatic heterocycles. The number of carbonyl (C=O) groups excluding carboxylic acids is 5. The lowest BCUT2D eigenvalue weighted by atomic mass is 10.1. The number of nitrogens with zero attached hydrogens (tertiary/aromatic N) is 1. The summed E-state index contributed by atoms with van der Waals surface area (Å²) in [5, 5.41) is 6.79. The Kier molecular flexibility index (Phi) is 16.1. The number of halogens is 2. The minimum atomic E-state index is 0. The first-order valence-corrected chi connectivity index (χ1v) is 16.4. The number of allylic oxidation sites excluding steroid dienone is 6. The number of nitrogens with one attached hydrogen (secondary N) is 1. The van der Waals surface area contributed by atoms with Crippen LogP contribution in [0, 0.1) is 17.2 Å². The van der Waals surface area contributed by atoms with Gasteiger partial charge in [0.25, 0.3) is 0 Å². The summed E-state index contributed by atoms with van der Waals surface area (Å²) < 4.78 is 10.9. The minimum Gasteiger partial charge on any atom is -0.498 e. The first-order chi connectivity index (χ1) is 21.0. The van der Waals surface area contributed by atoms with Gasteiger partial charge in [-0.15, -0.1) is 12.4 Å². The molecule has 248 valence electrons. The third-order valence-corrected chi connectivity index (χ3v) is 8.59. The maximum atomic E-state index is 11.3. The van der Waals surface area contributed by atoms with E-state index in [0.29, 0.717) is 67.3 Å². The molecule has 3 N–H and O–H groups in total. The second-order valence-corrected chi connectivity index (χ2v) is 12.3. The van der Waals surface area contributed by atoms with Crippen LogP contribution in [-0.2, 0) is 33.4 Å². The molecule has 6 aliphatic carbocycles. The second-order valence-electron chi connectivity index (χ2n) is 11.5. The summed E-state index contributed by atoms with van der Waals surface area (Å²) in [4.78, 5) is 57.8. The molecule has 7 aliphatic rings. The predicted octanol–water partition coefficient (Wildman–Crippen LogP) is 6.18. The summed E-state index contributed by atoms with van der Waals surface area (Å²) in [6.45, 7) is 5.14. The Morgan fingerprint density at radius 2 is 1.47 bits per heavy atom. The lowest BCUT2D eigenvalue weighted by Gasteiger charge is -2.01. The molecule has 3 saturated carbocycles. The number of ketones is 5. The standard InChI is InChI=1S/C10H11NO.C7H9BrO2.C7H10O2.C5H6O2.C4H8N2.ClH/c12-10-4-3-8-7(10)5-9(11-8)6-1-2-6;1-2-10-6-4-3-5(9)7(6)8;1-2-9-7-4-3-6(8)5-7;6-4-1-2-5(7)3-4;5-4(6)3-1-2-3;/h6H,1-5H2;2-4H2,1H3;5H,2-4H2,1H3;1-3H2;3H,1-2H2,(H3,5,6);1H. The summed E-state index contributed by atoms with van der Waals surface area (Å²) in [5.74, 6) is 4.14. The van der Waals surface area contributed by atoms with Crippen LogP contribution in [0.3, 0.4) is 0 Å². The van der Waals surface area contributed by atoms with Crippen molar-refractivity contribution in [3.05, 3.63) is 33.3 Å². The van der Waals surface area contributed by atoms with Gasteiger partial charge in [0.15, 0.2) is 17.3 Å². The zero-order valence-electron chi connectivity index (χ0n) is 26.2. The van der Waals surface area contributed by atoms with Crippen LogP contribution in [0.1, 0.15) is 104 Å². The lowest BCUT2D eigenvalue weighted by molar-refractivity contribution is -0.122. The molecule has 0 amide bonds. The van der Waals surface area contributed by atoms with E-state index in [1.807, 2.05) is 13.8 Å². The highest BCUT2D eigenvalue weighted by Gasteiger charge is 2.35. The van der Waals surface area contributed by atoms with Gasteiger partial charge in [0.2, 0.25) is 0 Å². The average Bonchev–Trinajstić information content (AvgIpc) is 3.84. The van der Waals surface area contributed by atoms with Gasteiger partial charge in [-0.25, -0.2) is 0 Å². The van der Waals surface area contributed by atoms with Crippen molar-refractivity contribution in [2.75, 3.05) is 13.2 Å². The van der Waals surface area contributed by atoms with Crippen molar-refractivity contribution in [1.82, 2.24) is 0 Å². The Hall–Kier alpha value is -2.92. The van der Waals surface area contributed by atoms with Crippen molar-refractivity contribution >= 4 is 68.8 Å². The molecule has 0 spiro atoms. The van der Waals surface area contributed by atoms with Gasteiger partial charge in [-0.2, -0.15) is 0 Å². The van der Waals surface area contributed by atoms with Gasteiger partial charge in [-0.3, -0.25) is 34.4 Å². The first-order valence-electron chi connectivity index (χ1n) is 15.6. The lowest BCUT2D eigenvalue weighted by Crippen LogP contribution is -2.10. The molecule has 0 aromatic rings. The van der Waals surface area contributed by atoms with Crippen molar-refractivity contribution in [2.24, 2.45) is 22.6 Å². The van der Waals surface area contributed by atoms with Gasteiger partial charge < -0.3 is 15.2 Å². The number of aliphatic imine (C=N–C) groups is 1. The molecule has 0 radical (unpaired) electrons. The molecule has 3 fully saturated rings. The average molecular weight is 711 g/mol. The highest BCUT2D eigenvalue weighted by molar-refractivity contribution is 9.12. The van der Waals surface area contributed by atoms with Gasteiger partial charge >= 0.3 is 0 Å². The zero-order valence-corrected chi connectivity index (χ0v) is 28.6. The van der Waals surface area contributed by atoms with Gasteiger partial charge in [0.05, 0.1) is 35.7 Å². The molecular formula is C33H45BrClN3O7. The number of hydrogen-bond donors (Lipinski definition) is 2. The fourth-order valence-electron chi connectivity index (χ4n) is 4.92. The largest absolute Gasteiger partial charge is 0.498 e. The Morgan fingerprint density at radius 3 is 1.84 bits per heavy atom. The molecule has 0 atom stereocenters. The number of amidine groups is 1. The Labute approximate surface area is 279 Å². The number of ether oxygens (including phenoxy) is 2. The van der Waals surface area contributed by atoms with Crippen LogP contribution in [0.25, 0.3) is 0 Å². The highest BCUT2D eigenvalue weighted by Crippen LogP contribution is 2.40. The van der Waals surface area contributed by atoms with Crippen LogP contribution in [0.15, 0.2) is 38.3 Å². The maximum absolute atomic E-state index is 11.3. The molecule has 1 aliphatic heterocycles. The topological polar surface area (TPSA) is 166 Å². The monoisotopic (exact) mass is 709 g/mol. The summed E-state index contributed by atoms with van der Waals surface area (Å²) >= 11 is 3.18. The highest BCUT2D eigenvalue weighted by atomic mass is 79.9. The number of nitrogens with two attached hydrogens (primary N) is 1. The van der Waals surface area contributed by atoms with Gasteiger partial charge in [0.1, 0.15) is 17.3 Å². The van der Waals surface area contributed by atoms with Crippen molar-refractivity contribution in [1.29, 1.82) is 5.41 Å². The van der Waals surface area contributed by atoms with Crippen LogP contribution in [0.5, 0.6) is 0 Å². The molecule has 45 heavy (non-hydrogen) atoms. The van der Waals surface area contributed by atoms with Crippen molar-refractivity contribution < 1.29 is 33.4 Å². The summed E-state index contributed by atoms with van der Waals surface area (Å²) in [6.07, 6.45) is 12.9. The fourth-order valence-corrected chi connectivity index (χ4v) is 5.43. The minimum absolute atomic E-state index is 0. The van der Waals surface area contributed by atoms with E-state index in [9.17, 15) is 24.0 Å². The van der Waals surface area contributed by atoms with Gasteiger partial charge in [-0.05, 0) is 67.8 Å². The van der Waals surface area contributed by atoms with E-state index < -0.39 is 0 Å². The summed E-state index contributed by atoms with van der Waals surface area (Å²) in [7, 11) is 0. The van der Waals surface area contributed by atoms with E-state index in [4.69, 9.17) is 20.6 Å².